The van der Waals surface area contributed by atoms with E-state index >= 15 is 0 Å². The van der Waals surface area contributed by atoms with Crippen LogP contribution >= 0.6 is 0 Å². The maximum absolute atomic E-state index is 11.2. The summed E-state index contributed by atoms with van der Waals surface area (Å²) in [6, 6.07) is 0. The fraction of sp³-hybridized carbons (Fsp3) is 0.692. The molecule has 1 saturated heterocycles. The molecule has 0 aromatic heterocycles. The summed E-state index contributed by atoms with van der Waals surface area (Å²) in [6.45, 7) is 6.39. The Morgan fingerprint density at radius 1 is 1.56 bits per heavy atom. The van der Waals surface area contributed by atoms with Crippen molar-refractivity contribution in [3.8, 4) is 0 Å². The van der Waals surface area contributed by atoms with E-state index in [1.807, 2.05) is 13.0 Å². The summed E-state index contributed by atoms with van der Waals surface area (Å²) in [5.41, 5.74) is 1.18. The molecule has 3 heteroatoms. The molecule has 1 rings (SSSR count). The lowest BCUT2D eigenvalue weighted by Crippen LogP contribution is -2.05. The van der Waals surface area contributed by atoms with Gasteiger partial charge in [-0.3, -0.25) is 9.59 Å². The second-order valence-electron chi connectivity index (χ2n) is 4.71. The summed E-state index contributed by atoms with van der Waals surface area (Å²) in [6.07, 6.45) is 5.46. The Hall–Kier alpha value is -1.12. The van der Waals surface area contributed by atoms with Crippen LogP contribution in [0.25, 0.3) is 0 Å². The minimum atomic E-state index is -0.402. The average molecular weight is 224 g/mol. The number of rotatable bonds is 5. The smallest absolute Gasteiger partial charge is 0.321 e. The van der Waals surface area contributed by atoms with E-state index in [1.165, 1.54) is 18.4 Å². The first-order valence-electron chi connectivity index (χ1n) is 5.94. The molecule has 0 amide bonds. The third-order valence-electron chi connectivity index (χ3n) is 2.84. The van der Waals surface area contributed by atoms with Gasteiger partial charge >= 0.3 is 11.9 Å². The average Bonchev–Trinajstić information content (AvgIpc) is 2.44. The molecule has 1 heterocycles. The van der Waals surface area contributed by atoms with Gasteiger partial charge in [-0.25, -0.2) is 0 Å². The molecule has 0 aromatic rings. The van der Waals surface area contributed by atoms with E-state index in [0.717, 1.165) is 6.42 Å². The molecule has 0 radical (unpaired) electrons. The molecule has 0 saturated carbocycles. The zero-order valence-corrected chi connectivity index (χ0v) is 10.3. The van der Waals surface area contributed by atoms with Gasteiger partial charge in [0.25, 0.3) is 0 Å². The molecule has 90 valence electrons. The fourth-order valence-electron chi connectivity index (χ4n) is 2.18. The van der Waals surface area contributed by atoms with Crippen molar-refractivity contribution in [3.63, 3.8) is 0 Å². The lowest BCUT2D eigenvalue weighted by molar-refractivity contribution is -0.152. The van der Waals surface area contributed by atoms with Crippen LogP contribution in [0.15, 0.2) is 11.6 Å². The second-order valence-corrected chi connectivity index (χ2v) is 4.71. The van der Waals surface area contributed by atoms with Gasteiger partial charge in [0.2, 0.25) is 0 Å². The van der Waals surface area contributed by atoms with Gasteiger partial charge in [-0.05, 0) is 19.3 Å². The molecule has 2 atom stereocenters. The first kappa shape index (κ1) is 12.9. The molecule has 0 bridgehead atoms. The normalized spacial score (nSPS) is 23.4. The SMILES string of the molecule is CCCC(C)CC(C)=CC1CC(=O)OC1=O. The summed E-state index contributed by atoms with van der Waals surface area (Å²) in [5.74, 6) is -0.510. The van der Waals surface area contributed by atoms with Crippen molar-refractivity contribution in [2.24, 2.45) is 11.8 Å². The molecular weight excluding hydrogens is 204 g/mol. The topological polar surface area (TPSA) is 43.4 Å². The summed E-state index contributed by atoms with van der Waals surface area (Å²) in [7, 11) is 0. The molecule has 1 fully saturated rings. The van der Waals surface area contributed by atoms with E-state index in [0.29, 0.717) is 5.92 Å². The Morgan fingerprint density at radius 2 is 2.25 bits per heavy atom. The molecule has 3 nitrogen and oxygen atoms in total. The largest absolute Gasteiger partial charge is 0.393 e. The van der Waals surface area contributed by atoms with E-state index in [9.17, 15) is 9.59 Å². The van der Waals surface area contributed by atoms with Crippen LogP contribution in [0, 0.1) is 11.8 Å². The van der Waals surface area contributed by atoms with Crippen molar-refractivity contribution in [2.75, 3.05) is 0 Å². The predicted octanol–water partition coefficient (Wildman–Crippen LogP) is 2.85. The number of cyclic esters (lactones) is 2. The molecule has 0 aliphatic carbocycles. The third-order valence-corrected chi connectivity index (χ3v) is 2.84. The molecule has 16 heavy (non-hydrogen) atoms. The molecule has 1 aliphatic rings. The quantitative estimate of drug-likeness (QED) is 0.409. The van der Waals surface area contributed by atoms with Crippen molar-refractivity contribution in [1.29, 1.82) is 0 Å². The van der Waals surface area contributed by atoms with Gasteiger partial charge in [0, 0.05) is 0 Å². The highest BCUT2D eigenvalue weighted by Gasteiger charge is 2.31. The van der Waals surface area contributed by atoms with Crippen molar-refractivity contribution in [1.82, 2.24) is 0 Å². The minimum absolute atomic E-state index is 0.207. The van der Waals surface area contributed by atoms with E-state index in [2.05, 4.69) is 18.6 Å². The number of ether oxygens (including phenoxy) is 1. The van der Waals surface area contributed by atoms with Crippen molar-refractivity contribution in [3.05, 3.63) is 11.6 Å². The van der Waals surface area contributed by atoms with Gasteiger partial charge in [-0.15, -0.1) is 0 Å². The first-order chi connectivity index (χ1) is 7.52. The predicted molar refractivity (Wildman–Crippen MR) is 61.7 cm³/mol. The van der Waals surface area contributed by atoms with Crippen LogP contribution in [0.4, 0.5) is 0 Å². The summed E-state index contributed by atoms with van der Waals surface area (Å²) < 4.78 is 4.50. The van der Waals surface area contributed by atoms with Crippen LogP contribution in [0.3, 0.4) is 0 Å². The Labute approximate surface area is 96.9 Å². The third kappa shape index (κ3) is 3.80. The standard InChI is InChI=1S/C13H20O3/c1-4-5-9(2)6-10(3)7-11-8-12(14)16-13(11)15/h7,9,11H,4-6,8H2,1-3H3. The molecule has 1 aliphatic heterocycles. The van der Waals surface area contributed by atoms with E-state index in [1.54, 1.807) is 0 Å². The highest BCUT2D eigenvalue weighted by atomic mass is 16.6. The Kier molecular flexibility index (Phi) is 4.71. The van der Waals surface area contributed by atoms with Crippen molar-refractivity contribution in [2.45, 2.75) is 46.5 Å². The number of allylic oxidation sites excluding steroid dienone is 1. The van der Waals surface area contributed by atoms with E-state index in [4.69, 9.17) is 0 Å². The maximum atomic E-state index is 11.2. The Morgan fingerprint density at radius 3 is 2.75 bits per heavy atom. The van der Waals surface area contributed by atoms with Crippen molar-refractivity contribution < 1.29 is 14.3 Å². The lowest BCUT2D eigenvalue weighted by atomic mass is 9.95. The second kappa shape index (κ2) is 5.83. The van der Waals surface area contributed by atoms with Gasteiger partial charge < -0.3 is 4.74 Å². The molecular formula is C13H20O3. The van der Waals surface area contributed by atoms with Crippen LogP contribution < -0.4 is 0 Å². The zero-order valence-electron chi connectivity index (χ0n) is 10.3. The molecule has 0 aromatic carbocycles. The lowest BCUT2D eigenvalue weighted by Gasteiger charge is -2.10. The van der Waals surface area contributed by atoms with Gasteiger partial charge in [0.1, 0.15) is 0 Å². The summed E-state index contributed by atoms with van der Waals surface area (Å²) >= 11 is 0. The van der Waals surface area contributed by atoms with Crippen LogP contribution in [0.5, 0.6) is 0 Å². The zero-order chi connectivity index (χ0) is 12.1. The number of carbonyl (C=O) groups excluding carboxylic acids is 2. The van der Waals surface area contributed by atoms with Crippen LogP contribution in [-0.2, 0) is 14.3 Å². The summed E-state index contributed by atoms with van der Waals surface area (Å²) in [4.78, 5) is 22.1. The highest BCUT2D eigenvalue weighted by Crippen LogP contribution is 2.22. The number of esters is 2. The fourth-order valence-corrected chi connectivity index (χ4v) is 2.18. The highest BCUT2D eigenvalue weighted by molar-refractivity contribution is 5.95. The van der Waals surface area contributed by atoms with Crippen LogP contribution in [0.2, 0.25) is 0 Å². The van der Waals surface area contributed by atoms with Crippen LogP contribution in [0.1, 0.15) is 46.5 Å². The Bertz CT molecular complexity index is 304. The monoisotopic (exact) mass is 224 g/mol. The Balaban J connectivity index is 2.49. The van der Waals surface area contributed by atoms with E-state index < -0.39 is 11.9 Å². The van der Waals surface area contributed by atoms with Gasteiger partial charge in [-0.2, -0.15) is 0 Å². The van der Waals surface area contributed by atoms with Gasteiger partial charge in [-0.1, -0.05) is 38.3 Å². The molecule has 0 N–H and O–H groups in total. The summed E-state index contributed by atoms with van der Waals surface area (Å²) in [5, 5.41) is 0. The minimum Gasteiger partial charge on any atom is -0.393 e. The number of hydrogen-bond acceptors (Lipinski definition) is 3. The number of carbonyl (C=O) groups is 2. The van der Waals surface area contributed by atoms with Gasteiger partial charge in [0.05, 0.1) is 12.3 Å². The van der Waals surface area contributed by atoms with Crippen molar-refractivity contribution >= 4 is 11.9 Å². The first-order valence-corrected chi connectivity index (χ1v) is 5.94. The van der Waals surface area contributed by atoms with Gasteiger partial charge in [0.15, 0.2) is 0 Å². The molecule has 2 unspecified atom stereocenters. The molecule has 0 spiro atoms. The van der Waals surface area contributed by atoms with Crippen LogP contribution in [-0.4, -0.2) is 11.9 Å². The van der Waals surface area contributed by atoms with E-state index in [-0.39, 0.29) is 12.3 Å². The maximum Gasteiger partial charge on any atom is 0.321 e. The number of hydrogen-bond donors (Lipinski definition) is 0.